The predicted octanol–water partition coefficient (Wildman–Crippen LogP) is 1.45. The van der Waals surface area contributed by atoms with Gasteiger partial charge in [-0.2, -0.15) is 0 Å². The minimum absolute atomic E-state index is 0.0758. The van der Waals surface area contributed by atoms with Crippen LogP contribution in [-0.4, -0.2) is 23.0 Å². The lowest BCUT2D eigenvalue weighted by atomic mass is 9.99. The highest BCUT2D eigenvalue weighted by Gasteiger charge is 2.30. The van der Waals surface area contributed by atoms with Crippen LogP contribution in [0.25, 0.3) is 0 Å². The molecule has 100 valence electrons. The first kappa shape index (κ1) is 13.6. The van der Waals surface area contributed by atoms with Crippen LogP contribution in [0.3, 0.4) is 0 Å². The summed E-state index contributed by atoms with van der Waals surface area (Å²) in [4.78, 5) is 16.4. The molecule has 0 aromatic carbocycles. The van der Waals surface area contributed by atoms with Gasteiger partial charge in [-0.05, 0) is 25.8 Å². The van der Waals surface area contributed by atoms with Gasteiger partial charge in [-0.15, -0.1) is 0 Å². The number of amides is 1. The quantitative estimate of drug-likeness (QED) is 0.788. The van der Waals surface area contributed by atoms with E-state index in [0.29, 0.717) is 11.1 Å². The molecule has 0 radical (unpaired) electrons. The summed E-state index contributed by atoms with van der Waals surface area (Å²) >= 11 is 0. The minimum Gasteiger partial charge on any atom is -0.347 e. The molecule has 1 amide bonds. The molecule has 3 N–H and O–H groups in total. The highest BCUT2D eigenvalue weighted by molar-refractivity contribution is 5.97. The molecule has 4 heteroatoms. The second-order valence-corrected chi connectivity index (χ2v) is 5.15. The maximum atomic E-state index is 12.4. The summed E-state index contributed by atoms with van der Waals surface area (Å²) in [7, 11) is 0. The molecule has 1 aromatic rings. The fraction of sp³-hybridized carbons (Fsp3) is 0.467. The Balaban J connectivity index is 2.19. The zero-order valence-corrected chi connectivity index (χ0v) is 11.2. The van der Waals surface area contributed by atoms with Crippen molar-refractivity contribution in [3.63, 3.8) is 0 Å². The molecule has 0 spiro atoms. The second kappa shape index (κ2) is 5.85. The predicted molar refractivity (Wildman–Crippen MR) is 74.5 cm³/mol. The van der Waals surface area contributed by atoms with Crippen molar-refractivity contribution in [3.8, 4) is 11.8 Å². The van der Waals surface area contributed by atoms with E-state index < -0.39 is 0 Å². The lowest BCUT2D eigenvalue weighted by Crippen LogP contribution is -2.43. The Morgan fingerprint density at radius 1 is 1.53 bits per heavy atom. The zero-order valence-electron chi connectivity index (χ0n) is 11.2. The maximum absolute atomic E-state index is 12.4. The van der Waals surface area contributed by atoms with E-state index in [4.69, 9.17) is 5.73 Å². The summed E-state index contributed by atoms with van der Waals surface area (Å²) in [5.74, 6) is 5.58. The van der Waals surface area contributed by atoms with Crippen molar-refractivity contribution in [2.75, 3.05) is 6.54 Å². The lowest BCUT2D eigenvalue weighted by molar-refractivity contribution is 0.0908. The number of nitrogens with two attached hydrogens (primary N) is 1. The van der Waals surface area contributed by atoms with Gasteiger partial charge in [-0.25, -0.2) is 0 Å². The largest absolute Gasteiger partial charge is 0.347 e. The first-order chi connectivity index (χ1) is 9.14. The average Bonchev–Trinajstić information content (AvgIpc) is 2.83. The summed E-state index contributed by atoms with van der Waals surface area (Å²) in [6, 6.07) is 1.70. The van der Waals surface area contributed by atoms with E-state index in [-0.39, 0.29) is 18.0 Å². The van der Waals surface area contributed by atoms with Crippen LogP contribution in [0.15, 0.2) is 18.5 Å². The molecule has 1 fully saturated rings. The van der Waals surface area contributed by atoms with Gasteiger partial charge in [0.15, 0.2) is 0 Å². The lowest BCUT2D eigenvalue weighted by Gasteiger charge is -2.25. The second-order valence-electron chi connectivity index (χ2n) is 5.15. The van der Waals surface area contributed by atoms with Crippen molar-refractivity contribution in [1.82, 2.24) is 10.3 Å². The maximum Gasteiger partial charge on any atom is 0.253 e. The minimum atomic E-state index is -0.0844. The number of aromatic nitrogens is 1. The van der Waals surface area contributed by atoms with Gasteiger partial charge < -0.3 is 11.1 Å². The summed E-state index contributed by atoms with van der Waals surface area (Å²) in [6.07, 6.45) is 7.63. The fourth-order valence-electron chi connectivity index (χ4n) is 2.46. The zero-order chi connectivity index (χ0) is 13.7. The van der Waals surface area contributed by atoms with Crippen molar-refractivity contribution in [3.05, 3.63) is 29.6 Å². The van der Waals surface area contributed by atoms with Crippen LogP contribution < -0.4 is 11.1 Å². The third kappa shape index (κ3) is 3.33. The van der Waals surface area contributed by atoms with Crippen LogP contribution in [0.2, 0.25) is 0 Å². The summed E-state index contributed by atoms with van der Waals surface area (Å²) in [6.45, 7) is 2.37. The molecule has 0 unspecified atom stereocenters. The third-order valence-corrected chi connectivity index (χ3v) is 3.51. The van der Waals surface area contributed by atoms with Crippen LogP contribution in [0.4, 0.5) is 0 Å². The van der Waals surface area contributed by atoms with E-state index in [9.17, 15) is 4.79 Å². The first-order valence-electron chi connectivity index (χ1n) is 6.60. The Hall–Kier alpha value is -1.86. The average molecular weight is 257 g/mol. The van der Waals surface area contributed by atoms with Crippen molar-refractivity contribution < 1.29 is 4.79 Å². The molecule has 0 bridgehead atoms. The van der Waals surface area contributed by atoms with Crippen molar-refractivity contribution in [2.45, 2.75) is 38.1 Å². The van der Waals surface area contributed by atoms with Crippen molar-refractivity contribution in [2.24, 2.45) is 5.73 Å². The Labute approximate surface area is 113 Å². The molecule has 1 saturated carbocycles. The van der Waals surface area contributed by atoms with Gasteiger partial charge in [0.1, 0.15) is 0 Å². The van der Waals surface area contributed by atoms with Gasteiger partial charge >= 0.3 is 0 Å². The van der Waals surface area contributed by atoms with E-state index in [1.807, 2.05) is 0 Å². The van der Waals surface area contributed by atoms with Gasteiger partial charge in [-0.3, -0.25) is 9.78 Å². The van der Waals surface area contributed by atoms with E-state index in [1.54, 1.807) is 18.5 Å². The van der Waals surface area contributed by atoms with Crippen LogP contribution >= 0.6 is 0 Å². The van der Waals surface area contributed by atoms with Gasteiger partial charge in [0, 0.05) is 17.9 Å². The smallest absolute Gasteiger partial charge is 0.253 e. The molecule has 1 aromatic heterocycles. The number of carbonyl (C=O) groups is 1. The van der Waals surface area contributed by atoms with Gasteiger partial charge in [-0.1, -0.05) is 24.7 Å². The molecule has 2 rings (SSSR count). The molecule has 0 aliphatic heterocycles. The molecule has 1 aliphatic rings. The molecule has 0 saturated heterocycles. The Bertz CT molecular complexity index is 522. The van der Waals surface area contributed by atoms with Gasteiger partial charge in [0.2, 0.25) is 0 Å². The Morgan fingerprint density at radius 3 is 2.95 bits per heavy atom. The van der Waals surface area contributed by atoms with E-state index in [2.05, 4.69) is 29.1 Å². The molecular weight excluding hydrogens is 238 g/mol. The fourth-order valence-corrected chi connectivity index (χ4v) is 2.46. The number of carbonyl (C=O) groups excluding carboxylic acids is 1. The van der Waals surface area contributed by atoms with E-state index >= 15 is 0 Å². The third-order valence-electron chi connectivity index (χ3n) is 3.51. The van der Waals surface area contributed by atoms with Crippen LogP contribution in [0.1, 0.15) is 48.5 Å². The number of rotatable bonds is 2. The Kier molecular flexibility index (Phi) is 4.18. The summed E-state index contributed by atoms with van der Waals surface area (Å²) < 4.78 is 0. The molecule has 1 aliphatic carbocycles. The first-order valence-corrected chi connectivity index (χ1v) is 6.60. The number of pyridine rings is 1. The number of hydrogen-bond donors (Lipinski definition) is 2. The van der Waals surface area contributed by atoms with Gasteiger partial charge in [0.05, 0.1) is 17.7 Å². The molecule has 1 heterocycles. The summed E-state index contributed by atoms with van der Waals surface area (Å²) in [5.41, 5.74) is 6.48. The number of hydrogen-bond acceptors (Lipinski definition) is 3. The van der Waals surface area contributed by atoms with Gasteiger partial charge in [0.25, 0.3) is 5.91 Å². The monoisotopic (exact) mass is 257 g/mol. The van der Waals surface area contributed by atoms with Crippen LogP contribution in [0, 0.1) is 11.8 Å². The molecular formula is C15H19N3O. The van der Waals surface area contributed by atoms with Crippen LogP contribution in [0.5, 0.6) is 0 Å². The molecule has 4 nitrogen and oxygen atoms in total. The Morgan fingerprint density at radius 2 is 2.26 bits per heavy atom. The van der Waals surface area contributed by atoms with E-state index in [1.165, 1.54) is 12.8 Å². The molecule has 19 heavy (non-hydrogen) atoms. The highest BCUT2D eigenvalue weighted by Crippen LogP contribution is 2.29. The van der Waals surface area contributed by atoms with Crippen molar-refractivity contribution in [1.29, 1.82) is 0 Å². The number of nitrogens with zero attached hydrogens (tertiary/aromatic N) is 1. The van der Waals surface area contributed by atoms with E-state index in [0.717, 1.165) is 12.8 Å². The van der Waals surface area contributed by atoms with Crippen LogP contribution in [-0.2, 0) is 0 Å². The normalized spacial score (nSPS) is 16.5. The SMILES string of the molecule is CC1(NC(=O)c2ccncc2C#CCN)CCCC1. The topological polar surface area (TPSA) is 68.0 Å². The van der Waals surface area contributed by atoms with Crippen molar-refractivity contribution >= 4 is 5.91 Å². The highest BCUT2D eigenvalue weighted by atomic mass is 16.1. The number of nitrogens with one attached hydrogen (secondary N) is 1. The molecule has 0 atom stereocenters. The standard InChI is InChI=1S/C15H19N3O/c1-15(7-2-3-8-15)18-14(19)13-6-10-17-11-12(13)5-4-9-16/h6,10-11H,2-3,7-9,16H2,1H3,(H,18,19). The summed E-state index contributed by atoms with van der Waals surface area (Å²) in [5, 5.41) is 3.12.